The van der Waals surface area contributed by atoms with Gasteiger partial charge in [-0.25, -0.2) is 0 Å². The van der Waals surface area contributed by atoms with E-state index in [2.05, 4.69) is 10.5 Å². The van der Waals surface area contributed by atoms with E-state index in [1.54, 1.807) is 13.3 Å². The van der Waals surface area contributed by atoms with Crippen molar-refractivity contribution >= 4 is 17.8 Å². The maximum absolute atomic E-state index is 8.74. The van der Waals surface area contributed by atoms with Crippen LogP contribution in [0.4, 0.5) is 0 Å². The fourth-order valence-corrected chi connectivity index (χ4v) is 2.14. The molecule has 2 aromatic rings. The second kappa shape index (κ2) is 9.02. The lowest BCUT2D eigenvalue weighted by Crippen LogP contribution is -2.11. The molecule has 0 atom stereocenters. The van der Waals surface area contributed by atoms with E-state index in [0.29, 0.717) is 29.7 Å². The van der Waals surface area contributed by atoms with Crippen molar-refractivity contribution in [3.05, 3.63) is 58.6 Å². The van der Waals surface area contributed by atoms with E-state index in [9.17, 15) is 0 Å². The number of nitrogens with one attached hydrogen (secondary N) is 1. The number of methoxy groups -OCH3 is 1. The molecule has 0 saturated carbocycles. The van der Waals surface area contributed by atoms with E-state index in [0.717, 1.165) is 11.1 Å². The Balaban J connectivity index is 2.18. The van der Waals surface area contributed by atoms with Crippen LogP contribution in [-0.2, 0) is 6.61 Å². The van der Waals surface area contributed by atoms with Crippen LogP contribution in [0.5, 0.6) is 11.5 Å². The molecule has 0 aliphatic rings. The molecule has 0 aliphatic heterocycles. The molecule has 0 amide bonds. The lowest BCUT2D eigenvalue weighted by Gasteiger charge is -2.13. The molecule has 2 rings (SSSR count). The van der Waals surface area contributed by atoms with Gasteiger partial charge in [-0.1, -0.05) is 35.9 Å². The number of rotatable bonds is 8. The summed E-state index contributed by atoms with van der Waals surface area (Å²) in [6.45, 7) is 0.729. The topological polar surface area (TPSA) is 63.1 Å². The number of hydrazone groups is 1. The summed E-state index contributed by atoms with van der Waals surface area (Å²) in [7, 11) is 1.59. The minimum Gasteiger partial charge on any atom is -0.493 e. The zero-order valence-corrected chi connectivity index (χ0v) is 13.6. The maximum Gasteiger partial charge on any atom is 0.170 e. The van der Waals surface area contributed by atoms with Crippen molar-refractivity contribution in [3.8, 4) is 11.5 Å². The number of nitrogens with zero attached hydrogens (tertiary/aromatic N) is 1. The maximum atomic E-state index is 8.74. The lowest BCUT2D eigenvalue weighted by molar-refractivity contribution is 0.284. The van der Waals surface area contributed by atoms with E-state index >= 15 is 0 Å². The molecular weight excluding hydrogens is 316 g/mol. The van der Waals surface area contributed by atoms with E-state index in [4.69, 9.17) is 26.2 Å². The molecule has 0 unspecified atom stereocenters. The normalized spacial score (nSPS) is 10.7. The van der Waals surface area contributed by atoms with Crippen molar-refractivity contribution in [2.24, 2.45) is 5.10 Å². The number of hydrogen-bond donors (Lipinski definition) is 2. The lowest BCUT2D eigenvalue weighted by atomic mass is 10.2. The fourth-order valence-electron chi connectivity index (χ4n) is 1.94. The van der Waals surface area contributed by atoms with Gasteiger partial charge in [-0.05, 0) is 18.2 Å². The summed E-state index contributed by atoms with van der Waals surface area (Å²) in [4.78, 5) is 0. The highest BCUT2D eigenvalue weighted by molar-refractivity contribution is 6.31. The van der Waals surface area contributed by atoms with E-state index < -0.39 is 0 Å². The molecular formula is C17H19ClN2O3. The van der Waals surface area contributed by atoms with Crippen LogP contribution < -0.4 is 14.9 Å². The second-order valence-electron chi connectivity index (χ2n) is 4.65. The number of aliphatic hydroxyl groups excluding tert-OH is 1. The van der Waals surface area contributed by atoms with Gasteiger partial charge in [0.1, 0.15) is 6.61 Å². The molecule has 0 fully saturated rings. The summed E-state index contributed by atoms with van der Waals surface area (Å²) in [5, 5.41) is 13.4. The Morgan fingerprint density at radius 2 is 2.04 bits per heavy atom. The zero-order chi connectivity index (χ0) is 16.5. The van der Waals surface area contributed by atoms with E-state index in [-0.39, 0.29) is 6.61 Å². The molecule has 0 radical (unpaired) electrons. The van der Waals surface area contributed by atoms with Gasteiger partial charge in [0.15, 0.2) is 11.5 Å². The SMILES string of the molecule is COc1cccc(C=NNCCO)c1OCc1ccccc1Cl. The highest BCUT2D eigenvalue weighted by Gasteiger charge is 2.10. The van der Waals surface area contributed by atoms with Gasteiger partial charge in [-0.3, -0.25) is 0 Å². The first kappa shape index (κ1) is 17.1. The van der Waals surface area contributed by atoms with Crippen LogP contribution in [0.25, 0.3) is 0 Å². The third-order valence-electron chi connectivity index (χ3n) is 3.08. The molecule has 0 aromatic heterocycles. The smallest absolute Gasteiger partial charge is 0.170 e. The van der Waals surface area contributed by atoms with Gasteiger partial charge in [-0.2, -0.15) is 5.10 Å². The van der Waals surface area contributed by atoms with Crippen LogP contribution >= 0.6 is 11.6 Å². The van der Waals surface area contributed by atoms with Crippen LogP contribution in [-0.4, -0.2) is 31.6 Å². The predicted octanol–water partition coefficient (Wildman–Crippen LogP) is 2.84. The van der Waals surface area contributed by atoms with Crippen LogP contribution in [0.15, 0.2) is 47.6 Å². The molecule has 2 N–H and O–H groups in total. The molecule has 6 heteroatoms. The van der Waals surface area contributed by atoms with Gasteiger partial charge in [0.25, 0.3) is 0 Å². The molecule has 0 saturated heterocycles. The van der Waals surface area contributed by atoms with Crippen LogP contribution in [0.1, 0.15) is 11.1 Å². The summed E-state index contributed by atoms with van der Waals surface area (Å²) in [5.74, 6) is 1.20. The Morgan fingerprint density at radius 3 is 2.78 bits per heavy atom. The van der Waals surface area contributed by atoms with Gasteiger partial charge < -0.3 is 20.0 Å². The Morgan fingerprint density at radius 1 is 1.22 bits per heavy atom. The van der Waals surface area contributed by atoms with Crippen molar-refractivity contribution in [3.63, 3.8) is 0 Å². The second-order valence-corrected chi connectivity index (χ2v) is 5.06. The first-order valence-electron chi connectivity index (χ1n) is 7.16. The van der Waals surface area contributed by atoms with E-state index in [1.807, 2.05) is 42.5 Å². The number of para-hydroxylation sites is 1. The largest absolute Gasteiger partial charge is 0.493 e. The quantitative estimate of drug-likeness (QED) is 0.442. The van der Waals surface area contributed by atoms with Crippen LogP contribution in [0.2, 0.25) is 5.02 Å². The molecule has 0 aliphatic carbocycles. The van der Waals surface area contributed by atoms with Crippen molar-refractivity contribution in [2.75, 3.05) is 20.3 Å². The average Bonchev–Trinajstić information content (AvgIpc) is 2.58. The van der Waals surface area contributed by atoms with Crippen LogP contribution in [0, 0.1) is 0 Å². The number of aliphatic hydroxyl groups is 1. The Hall–Kier alpha value is -2.24. The summed E-state index contributed by atoms with van der Waals surface area (Å²) in [6, 6.07) is 13.1. The molecule has 0 heterocycles. The monoisotopic (exact) mass is 334 g/mol. The van der Waals surface area contributed by atoms with Gasteiger partial charge in [0.2, 0.25) is 0 Å². The standard InChI is InChI=1S/C17H19ClN2O3/c1-22-16-8-4-6-13(11-20-19-9-10-21)17(16)23-12-14-5-2-3-7-15(14)18/h2-8,11,19,21H,9-10,12H2,1H3. The molecule has 5 nitrogen and oxygen atoms in total. The zero-order valence-electron chi connectivity index (χ0n) is 12.8. The number of hydrogen-bond acceptors (Lipinski definition) is 5. The molecule has 23 heavy (non-hydrogen) atoms. The summed E-state index contributed by atoms with van der Waals surface area (Å²) >= 11 is 6.15. The number of ether oxygens (including phenoxy) is 2. The van der Waals surface area contributed by atoms with Gasteiger partial charge in [-0.15, -0.1) is 0 Å². The minimum absolute atomic E-state index is 0.0192. The number of halogens is 1. The number of benzene rings is 2. The highest BCUT2D eigenvalue weighted by Crippen LogP contribution is 2.31. The first-order chi connectivity index (χ1) is 11.3. The Kier molecular flexibility index (Phi) is 6.72. The third-order valence-corrected chi connectivity index (χ3v) is 3.45. The highest BCUT2D eigenvalue weighted by atomic mass is 35.5. The van der Waals surface area contributed by atoms with Gasteiger partial charge >= 0.3 is 0 Å². The molecule has 2 aromatic carbocycles. The van der Waals surface area contributed by atoms with Crippen molar-refractivity contribution in [2.45, 2.75) is 6.61 Å². The fraction of sp³-hybridized carbons (Fsp3) is 0.235. The average molecular weight is 335 g/mol. The predicted molar refractivity (Wildman–Crippen MR) is 91.5 cm³/mol. The Bertz CT molecular complexity index is 662. The minimum atomic E-state index is 0.0192. The van der Waals surface area contributed by atoms with Crippen molar-refractivity contribution in [1.29, 1.82) is 0 Å². The molecule has 0 spiro atoms. The van der Waals surface area contributed by atoms with Gasteiger partial charge in [0.05, 0.1) is 26.5 Å². The van der Waals surface area contributed by atoms with Crippen molar-refractivity contribution < 1.29 is 14.6 Å². The summed E-state index contributed by atoms with van der Waals surface area (Å²) in [5.41, 5.74) is 4.39. The third kappa shape index (κ3) is 4.87. The summed E-state index contributed by atoms with van der Waals surface area (Å²) < 4.78 is 11.3. The van der Waals surface area contributed by atoms with E-state index in [1.165, 1.54) is 0 Å². The Labute approximate surface area is 140 Å². The summed E-state index contributed by atoms with van der Waals surface area (Å²) in [6.07, 6.45) is 1.63. The molecule has 122 valence electrons. The first-order valence-corrected chi connectivity index (χ1v) is 7.54. The van der Waals surface area contributed by atoms with Crippen LogP contribution in [0.3, 0.4) is 0 Å². The van der Waals surface area contributed by atoms with Crippen molar-refractivity contribution in [1.82, 2.24) is 5.43 Å². The molecule has 0 bridgehead atoms. The van der Waals surface area contributed by atoms with Gasteiger partial charge in [0, 0.05) is 16.1 Å².